The van der Waals surface area contributed by atoms with Crippen LogP contribution in [0.1, 0.15) is 36.7 Å². The Balaban J connectivity index is 1.53. The van der Waals surface area contributed by atoms with Crippen molar-refractivity contribution in [3.05, 3.63) is 53.6 Å². The molecule has 1 aliphatic heterocycles. The van der Waals surface area contributed by atoms with Crippen molar-refractivity contribution in [2.45, 2.75) is 26.2 Å². The summed E-state index contributed by atoms with van der Waals surface area (Å²) in [6.45, 7) is 6.09. The standard InChI is InChI=1S/C20H21NO5/c1-20(2,3)14-6-4-13(5-7-14)19(23)24-11-18(22)21-15-8-9-16-17(10-15)26-12-25-16/h4-10H,11-12H2,1-3H3,(H,21,22). The topological polar surface area (TPSA) is 73.9 Å². The van der Waals surface area contributed by atoms with E-state index in [2.05, 4.69) is 26.1 Å². The van der Waals surface area contributed by atoms with Crippen molar-refractivity contribution in [2.24, 2.45) is 0 Å². The van der Waals surface area contributed by atoms with Crippen LogP contribution in [-0.2, 0) is 14.9 Å². The largest absolute Gasteiger partial charge is 0.454 e. The van der Waals surface area contributed by atoms with E-state index < -0.39 is 11.9 Å². The number of anilines is 1. The van der Waals surface area contributed by atoms with Crippen molar-refractivity contribution in [1.82, 2.24) is 0 Å². The number of fused-ring (bicyclic) bond motifs is 1. The Bertz CT molecular complexity index is 821. The second-order valence-corrected chi connectivity index (χ2v) is 7.02. The molecule has 1 N–H and O–H groups in total. The highest BCUT2D eigenvalue weighted by atomic mass is 16.7. The number of ether oxygens (including phenoxy) is 3. The molecule has 0 saturated carbocycles. The van der Waals surface area contributed by atoms with Crippen LogP contribution in [0.5, 0.6) is 11.5 Å². The van der Waals surface area contributed by atoms with Gasteiger partial charge in [-0.1, -0.05) is 32.9 Å². The SMILES string of the molecule is CC(C)(C)c1ccc(C(=O)OCC(=O)Nc2ccc3c(c2)OCO3)cc1. The molecule has 0 fully saturated rings. The average molecular weight is 355 g/mol. The molecule has 6 nitrogen and oxygen atoms in total. The molecule has 1 aliphatic rings. The summed E-state index contributed by atoms with van der Waals surface area (Å²) in [4.78, 5) is 24.1. The molecule has 0 aromatic heterocycles. The lowest BCUT2D eigenvalue weighted by molar-refractivity contribution is -0.119. The molecule has 3 rings (SSSR count). The maximum Gasteiger partial charge on any atom is 0.338 e. The van der Waals surface area contributed by atoms with Gasteiger partial charge in [-0.2, -0.15) is 0 Å². The van der Waals surface area contributed by atoms with Crippen LogP contribution in [0.15, 0.2) is 42.5 Å². The van der Waals surface area contributed by atoms with Gasteiger partial charge in [0.2, 0.25) is 6.79 Å². The molecule has 0 spiro atoms. The number of carbonyl (C=O) groups excluding carboxylic acids is 2. The maximum absolute atomic E-state index is 12.1. The molecule has 2 aromatic rings. The van der Waals surface area contributed by atoms with E-state index in [0.29, 0.717) is 22.7 Å². The van der Waals surface area contributed by atoms with Gasteiger partial charge in [-0.05, 0) is 35.2 Å². The molecule has 0 atom stereocenters. The smallest absolute Gasteiger partial charge is 0.338 e. The van der Waals surface area contributed by atoms with Crippen LogP contribution in [-0.4, -0.2) is 25.3 Å². The first kappa shape index (κ1) is 17.8. The van der Waals surface area contributed by atoms with E-state index in [4.69, 9.17) is 14.2 Å². The van der Waals surface area contributed by atoms with Gasteiger partial charge in [0, 0.05) is 11.8 Å². The number of hydrogen-bond acceptors (Lipinski definition) is 5. The molecule has 0 radical (unpaired) electrons. The van der Waals surface area contributed by atoms with Crippen LogP contribution in [0.4, 0.5) is 5.69 Å². The Labute approximate surface area is 152 Å². The molecule has 0 saturated heterocycles. The highest BCUT2D eigenvalue weighted by molar-refractivity contribution is 5.95. The van der Waals surface area contributed by atoms with Crippen LogP contribution in [0.25, 0.3) is 0 Å². The van der Waals surface area contributed by atoms with Crippen molar-refractivity contribution in [3.8, 4) is 11.5 Å². The Hall–Kier alpha value is -3.02. The Kier molecular flexibility index (Phi) is 4.84. The minimum absolute atomic E-state index is 0.00688. The number of carbonyl (C=O) groups is 2. The number of benzene rings is 2. The monoisotopic (exact) mass is 355 g/mol. The van der Waals surface area contributed by atoms with Gasteiger partial charge in [0.15, 0.2) is 18.1 Å². The predicted molar refractivity (Wildman–Crippen MR) is 96.6 cm³/mol. The van der Waals surface area contributed by atoms with E-state index in [1.807, 2.05) is 12.1 Å². The lowest BCUT2D eigenvalue weighted by Crippen LogP contribution is -2.21. The Morgan fingerprint density at radius 1 is 1.04 bits per heavy atom. The van der Waals surface area contributed by atoms with Crippen LogP contribution < -0.4 is 14.8 Å². The molecule has 6 heteroatoms. The van der Waals surface area contributed by atoms with Gasteiger partial charge in [0.1, 0.15) is 0 Å². The second kappa shape index (κ2) is 7.07. The molecule has 2 aromatic carbocycles. The highest BCUT2D eigenvalue weighted by Gasteiger charge is 2.17. The number of rotatable bonds is 4. The summed E-state index contributed by atoms with van der Waals surface area (Å²) in [5.74, 6) is 0.238. The van der Waals surface area contributed by atoms with Crippen molar-refractivity contribution in [3.63, 3.8) is 0 Å². The first-order valence-electron chi connectivity index (χ1n) is 8.30. The van der Waals surface area contributed by atoms with Gasteiger partial charge < -0.3 is 19.5 Å². The first-order chi connectivity index (χ1) is 12.3. The lowest BCUT2D eigenvalue weighted by Gasteiger charge is -2.18. The second-order valence-electron chi connectivity index (χ2n) is 7.02. The Morgan fingerprint density at radius 2 is 1.73 bits per heavy atom. The molecule has 0 aliphatic carbocycles. The lowest BCUT2D eigenvalue weighted by atomic mass is 9.87. The molecule has 0 unspecified atom stereocenters. The zero-order valence-corrected chi connectivity index (χ0v) is 15.0. The molecular weight excluding hydrogens is 334 g/mol. The van der Waals surface area contributed by atoms with Crippen molar-refractivity contribution < 1.29 is 23.8 Å². The molecular formula is C20H21NO5. The predicted octanol–water partition coefficient (Wildman–Crippen LogP) is 3.51. The maximum atomic E-state index is 12.1. The zero-order valence-electron chi connectivity index (χ0n) is 15.0. The van der Waals surface area contributed by atoms with Gasteiger partial charge >= 0.3 is 5.97 Å². The summed E-state index contributed by atoms with van der Waals surface area (Å²) < 4.78 is 15.5. The quantitative estimate of drug-likeness (QED) is 0.850. The van der Waals surface area contributed by atoms with E-state index in [1.165, 1.54) is 0 Å². The zero-order chi connectivity index (χ0) is 18.7. The number of amides is 1. The van der Waals surface area contributed by atoms with Crippen molar-refractivity contribution >= 4 is 17.6 Å². The van der Waals surface area contributed by atoms with Crippen molar-refractivity contribution in [1.29, 1.82) is 0 Å². The molecule has 136 valence electrons. The van der Waals surface area contributed by atoms with Crippen LogP contribution in [0.3, 0.4) is 0 Å². The summed E-state index contributed by atoms with van der Waals surface area (Å²) in [5.41, 5.74) is 2.08. The third-order valence-electron chi connectivity index (χ3n) is 3.98. The third kappa shape index (κ3) is 4.14. The minimum atomic E-state index is -0.536. The summed E-state index contributed by atoms with van der Waals surface area (Å²) in [5, 5.41) is 2.66. The van der Waals surface area contributed by atoms with Gasteiger partial charge in [-0.3, -0.25) is 4.79 Å². The van der Waals surface area contributed by atoms with Crippen LogP contribution >= 0.6 is 0 Å². The molecule has 26 heavy (non-hydrogen) atoms. The number of esters is 1. The Morgan fingerprint density at radius 3 is 2.42 bits per heavy atom. The van der Waals surface area contributed by atoms with E-state index in [9.17, 15) is 9.59 Å². The number of nitrogens with one attached hydrogen (secondary N) is 1. The van der Waals surface area contributed by atoms with E-state index in [0.717, 1.165) is 5.56 Å². The van der Waals surface area contributed by atoms with Gasteiger partial charge in [-0.25, -0.2) is 4.79 Å². The van der Waals surface area contributed by atoms with E-state index in [-0.39, 0.29) is 18.8 Å². The fourth-order valence-corrected chi connectivity index (χ4v) is 2.49. The normalized spacial score (nSPS) is 12.6. The van der Waals surface area contributed by atoms with Gasteiger partial charge in [0.05, 0.1) is 5.56 Å². The van der Waals surface area contributed by atoms with Gasteiger partial charge in [0.25, 0.3) is 5.91 Å². The van der Waals surface area contributed by atoms with E-state index in [1.54, 1.807) is 30.3 Å². The summed E-state index contributed by atoms with van der Waals surface area (Å²) >= 11 is 0. The molecule has 1 amide bonds. The van der Waals surface area contributed by atoms with Crippen LogP contribution in [0, 0.1) is 0 Å². The first-order valence-corrected chi connectivity index (χ1v) is 8.30. The molecule has 1 heterocycles. The summed E-state index contributed by atoms with van der Waals surface area (Å²) in [6, 6.07) is 12.3. The van der Waals surface area contributed by atoms with E-state index >= 15 is 0 Å². The average Bonchev–Trinajstić information content (AvgIpc) is 3.07. The minimum Gasteiger partial charge on any atom is -0.454 e. The van der Waals surface area contributed by atoms with Gasteiger partial charge in [-0.15, -0.1) is 0 Å². The summed E-state index contributed by atoms with van der Waals surface area (Å²) in [6.07, 6.45) is 0. The highest BCUT2D eigenvalue weighted by Crippen LogP contribution is 2.34. The van der Waals surface area contributed by atoms with Crippen molar-refractivity contribution in [2.75, 3.05) is 18.7 Å². The number of hydrogen-bond donors (Lipinski definition) is 1. The fourth-order valence-electron chi connectivity index (χ4n) is 2.49. The fraction of sp³-hybridized carbons (Fsp3) is 0.300. The third-order valence-corrected chi connectivity index (χ3v) is 3.98. The molecule has 0 bridgehead atoms. The van der Waals surface area contributed by atoms with Crippen LogP contribution in [0.2, 0.25) is 0 Å². The summed E-state index contributed by atoms with van der Waals surface area (Å²) in [7, 11) is 0.